The summed E-state index contributed by atoms with van der Waals surface area (Å²) in [7, 11) is 0. The Kier molecular flexibility index (Phi) is 7.62. The van der Waals surface area contributed by atoms with E-state index in [1.807, 2.05) is 0 Å². The largest absolute Gasteiger partial charge is 0.377 e. The monoisotopic (exact) mass is 253 g/mol. The van der Waals surface area contributed by atoms with Crippen LogP contribution in [0.15, 0.2) is 18.2 Å². The number of hydrogen-bond donors (Lipinski definition) is 1. The number of halogens is 1. The van der Waals surface area contributed by atoms with Gasteiger partial charge in [-0.3, -0.25) is 0 Å². The van der Waals surface area contributed by atoms with Gasteiger partial charge in [0.15, 0.2) is 0 Å². The first-order valence-corrected chi connectivity index (χ1v) is 6.83. The van der Waals surface area contributed by atoms with E-state index < -0.39 is 0 Å². The highest BCUT2D eigenvalue weighted by atomic mass is 19.1. The molecule has 0 atom stereocenters. The summed E-state index contributed by atoms with van der Waals surface area (Å²) in [6, 6.07) is 4.96. The zero-order chi connectivity index (χ0) is 13.2. The fourth-order valence-corrected chi connectivity index (χ4v) is 1.86. The molecule has 1 rings (SSSR count). The van der Waals surface area contributed by atoms with Crippen LogP contribution in [0, 0.1) is 5.82 Å². The van der Waals surface area contributed by atoms with Crippen LogP contribution in [0.4, 0.5) is 4.39 Å². The van der Waals surface area contributed by atoms with Gasteiger partial charge in [0.05, 0.1) is 6.61 Å². The average molecular weight is 253 g/mol. The Morgan fingerprint density at radius 2 is 1.94 bits per heavy atom. The maximum atomic E-state index is 13.5. The van der Waals surface area contributed by atoms with E-state index in [4.69, 9.17) is 10.5 Å². The predicted molar refractivity (Wildman–Crippen MR) is 72.7 cm³/mol. The minimum atomic E-state index is -0.210. The molecule has 18 heavy (non-hydrogen) atoms. The van der Waals surface area contributed by atoms with Crippen LogP contribution in [-0.2, 0) is 17.9 Å². The van der Waals surface area contributed by atoms with Crippen LogP contribution in [0.25, 0.3) is 0 Å². The van der Waals surface area contributed by atoms with Crippen molar-refractivity contribution < 1.29 is 9.13 Å². The third-order valence-corrected chi connectivity index (χ3v) is 3.00. The lowest BCUT2D eigenvalue weighted by Crippen LogP contribution is -2.02. The second-order valence-electron chi connectivity index (χ2n) is 4.60. The molecule has 102 valence electrons. The molecule has 0 aliphatic heterocycles. The van der Waals surface area contributed by atoms with Gasteiger partial charge in [-0.25, -0.2) is 4.39 Å². The minimum Gasteiger partial charge on any atom is -0.377 e. The number of benzene rings is 1. The molecule has 1 aromatic carbocycles. The second kappa shape index (κ2) is 9.06. The van der Waals surface area contributed by atoms with Gasteiger partial charge in [0, 0.05) is 18.7 Å². The highest BCUT2D eigenvalue weighted by Crippen LogP contribution is 2.12. The summed E-state index contributed by atoms with van der Waals surface area (Å²) in [5.41, 5.74) is 7.07. The molecule has 0 spiro atoms. The normalized spacial score (nSPS) is 10.8. The lowest BCUT2D eigenvalue weighted by molar-refractivity contribution is 0.114. The SMILES string of the molecule is CCCCCCCOCc1cc(CN)ccc1F. The molecule has 0 aromatic heterocycles. The van der Waals surface area contributed by atoms with Crippen molar-refractivity contribution in [3.63, 3.8) is 0 Å². The molecule has 0 radical (unpaired) electrons. The Labute approximate surface area is 109 Å². The van der Waals surface area contributed by atoms with E-state index in [-0.39, 0.29) is 5.82 Å². The molecular formula is C15H24FNO. The molecule has 2 nitrogen and oxygen atoms in total. The Bertz CT molecular complexity index is 341. The van der Waals surface area contributed by atoms with Gasteiger partial charge in [0.25, 0.3) is 0 Å². The van der Waals surface area contributed by atoms with Crippen LogP contribution in [0.3, 0.4) is 0 Å². The van der Waals surface area contributed by atoms with E-state index in [1.165, 1.54) is 31.7 Å². The van der Waals surface area contributed by atoms with Gasteiger partial charge in [-0.2, -0.15) is 0 Å². The number of nitrogens with two attached hydrogens (primary N) is 1. The molecule has 3 heteroatoms. The molecular weight excluding hydrogens is 229 g/mol. The van der Waals surface area contributed by atoms with Crippen LogP contribution in [0.1, 0.15) is 50.2 Å². The van der Waals surface area contributed by atoms with Gasteiger partial charge in [-0.1, -0.05) is 38.7 Å². The van der Waals surface area contributed by atoms with Gasteiger partial charge in [0.2, 0.25) is 0 Å². The van der Waals surface area contributed by atoms with E-state index in [0.29, 0.717) is 25.3 Å². The number of unbranched alkanes of at least 4 members (excludes halogenated alkanes) is 4. The summed E-state index contributed by atoms with van der Waals surface area (Å²) >= 11 is 0. The molecule has 2 N–H and O–H groups in total. The maximum Gasteiger partial charge on any atom is 0.128 e. The first-order chi connectivity index (χ1) is 8.77. The summed E-state index contributed by atoms with van der Waals surface area (Å²) in [5.74, 6) is -0.210. The lowest BCUT2D eigenvalue weighted by Gasteiger charge is -2.07. The van der Waals surface area contributed by atoms with Crippen molar-refractivity contribution in [1.82, 2.24) is 0 Å². The van der Waals surface area contributed by atoms with Gasteiger partial charge >= 0.3 is 0 Å². The molecule has 0 heterocycles. The van der Waals surface area contributed by atoms with E-state index in [9.17, 15) is 4.39 Å². The molecule has 0 aliphatic carbocycles. The van der Waals surface area contributed by atoms with E-state index in [2.05, 4.69) is 6.92 Å². The Balaban J connectivity index is 2.22. The standard InChI is InChI=1S/C15H24FNO/c1-2-3-4-5-6-9-18-12-14-10-13(11-17)7-8-15(14)16/h7-8,10H,2-6,9,11-12,17H2,1H3. The molecule has 0 bridgehead atoms. The summed E-state index contributed by atoms with van der Waals surface area (Å²) in [6.45, 7) is 3.68. The highest BCUT2D eigenvalue weighted by molar-refractivity contribution is 5.24. The molecule has 0 saturated heterocycles. The van der Waals surface area contributed by atoms with Crippen LogP contribution in [0.5, 0.6) is 0 Å². The number of hydrogen-bond acceptors (Lipinski definition) is 2. The average Bonchev–Trinajstić information content (AvgIpc) is 2.39. The topological polar surface area (TPSA) is 35.2 Å². The summed E-state index contributed by atoms with van der Waals surface area (Å²) in [6.07, 6.45) is 6.04. The molecule has 0 amide bonds. The quantitative estimate of drug-likeness (QED) is 0.680. The van der Waals surface area contributed by atoms with Crippen molar-refractivity contribution in [3.05, 3.63) is 35.1 Å². The van der Waals surface area contributed by atoms with Gasteiger partial charge < -0.3 is 10.5 Å². The fourth-order valence-electron chi connectivity index (χ4n) is 1.86. The van der Waals surface area contributed by atoms with Crippen molar-refractivity contribution in [2.24, 2.45) is 5.73 Å². The van der Waals surface area contributed by atoms with E-state index in [1.54, 1.807) is 12.1 Å². The van der Waals surface area contributed by atoms with Crippen LogP contribution in [-0.4, -0.2) is 6.61 Å². The van der Waals surface area contributed by atoms with E-state index >= 15 is 0 Å². The second-order valence-corrected chi connectivity index (χ2v) is 4.60. The zero-order valence-electron chi connectivity index (χ0n) is 11.3. The van der Waals surface area contributed by atoms with Crippen molar-refractivity contribution in [1.29, 1.82) is 0 Å². The van der Waals surface area contributed by atoms with Gasteiger partial charge in [-0.05, 0) is 24.1 Å². The Morgan fingerprint density at radius 3 is 2.67 bits per heavy atom. The van der Waals surface area contributed by atoms with Crippen molar-refractivity contribution in [3.8, 4) is 0 Å². The molecule has 0 unspecified atom stereocenters. The van der Waals surface area contributed by atoms with Crippen molar-refractivity contribution >= 4 is 0 Å². The summed E-state index contributed by atoms with van der Waals surface area (Å²) in [5, 5.41) is 0. The lowest BCUT2D eigenvalue weighted by atomic mass is 10.1. The molecule has 1 aromatic rings. The molecule has 0 fully saturated rings. The van der Waals surface area contributed by atoms with Crippen LogP contribution < -0.4 is 5.73 Å². The third-order valence-electron chi connectivity index (χ3n) is 3.00. The predicted octanol–water partition coefficient (Wildman–Crippen LogP) is 3.77. The Hall–Kier alpha value is -0.930. The maximum absolute atomic E-state index is 13.5. The van der Waals surface area contributed by atoms with Gasteiger partial charge in [-0.15, -0.1) is 0 Å². The first-order valence-electron chi connectivity index (χ1n) is 6.83. The molecule has 0 saturated carbocycles. The highest BCUT2D eigenvalue weighted by Gasteiger charge is 2.03. The van der Waals surface area contributed by atoms with Crippen LogP contribution >= 0.6 is 0 Å². The number of ether oxygens (including phenoxy) is 1. The van der Waals surface area contributed by atoms with E-state index in [0.717, 1.165) is 12.0 Å². The minimum absolute atomic E-state index is 0.210. The zero-order valence-corrected chi connectivity index (χ0v) is 11.3. The van der Waals surface area contributed by atoms with Crippen molar-refractivity contribution in [2.45, 2.75) is 52.2 Å². The number of rotatable bonds is 9. The third kappa shape index (κ3) is 5.61. The first kappa shape index (κ1) is 15.1. The van der Waals surface area contributed by atoms with Gasteiger partial charge in [0.1, 0.15) is 5.82 Å². The van der Waals surface area contributed by atoms with Crippen LogP contribution in [0.2, 0.25) is 0 Å². The summed E-state index contributed by atoms with van der Waals surface area (Å²) < 4.78 is 19.0. The summed E-state index contributed by atoms with van der Waals surface area (Å²) in [4.78, 5) is 0. The Morgan fingerprint density at radius 1 is 1.17 bits per heavy atom. The molecule has 0 aliphatic rings. The smallest absolute Gasteiger partial charge is 0.128 e. The fraction of sp³-hybridized carbons (Fsp3) is 0.600. The van der Waals surface area contributed by atoms with Crippen molar-refractivity contribution in [2.75, 3.05) is 6.61 Å².